The lowest BCUT2D eigenvalue weighted by Gasteiger charge is -1.92. The summed E-state index contributed by atoms with van der Waals surface area (Å²) in [5, 5.41) is 18.5. The summed E-state index contributed by atoms with van der Waals surface area (Å²) in [4.78, 5) is 13.3. The molecule has 0 aliphatic carbocycles. The lowest BCUT2D eigenvalue weighted by atomic mass is 10.2. The van der Waals surface area contributed by atoms with Crippen LogP contribution in [0.15, 0.2) is 18.3 Å². The minimum Gasteiger partial charge on any atom is -0.358 e. The molecule has 1 aromatic heterocycles. The minimum absolute atomic E-state index is 0.147. The van der Waals surface area contributed by atoms with Gasteiger partial charge in [-0.05, 0) is 28.0 Å². The largest absolute Gasteiger partial charge is 0.379 e. The average molecular weight is 173 g/mol. The van der Waals surface area contributed by atoms with Gasteiger partial charge in [-0.1, -0.05) is 0 Å². The number of nitro groups is 1. The van der Waals surface area contributed by atoms with Gasteiger partial charge in [0.25, 0.3) is 0 Å². The second-order valence-electron chi connectivity index (χ2n) is 1.99. The molecule has 0 spiro atoms. The van der Waals surface area contributed by atoms with E-state index in [4.69, 9.17) is 5.26 Å². The molecule has 0 saturated carbocycles. The van der Waals surface area contributed by atoms with Gasteiger partial charge >= 0.3 is 5.82 Å². The van der Waals surface area contributed by atoms with E-state index in [2.05, 4.69) is 16.8 Å². The molecule has 0 aromatic carbocycles. The van der Waals surface area contributed by atoms with Gasteiger partial charge in [-0.2, -0.15) is 5.26 Å². The van der Waals surface area contributed by atoms with E-state index in [1.807, 2.05) is 0 Å². The predicted molar refractivity (Wildman–Crippen MR) is 43.4 cm³/mol. The third kappa shape index (κ3) is 2.01. The monoisotopic (exact) mass is 173 g/mol. The molecule has 0 aliphatic heterocycles. The Morgan fingerprint density at radius 1 is 1.62 bits per heavy atom. The molecule has 0 atom stereocenters. The van der Waals surface area contributed by atoms with Gasteiger partial charge in [0, 0.05) is 5.92 Å². The normalized spacial score (nSPS) is 7.92. The van der Waals surface area contributed by atoms with Gasteiger partial charge in [0.15, 0.2) is 6.07 Å². The molecule has 0 amide bonds. The first kappa shape index (κ1) is 8.69. The van der Waals surface area contributed by atoms with E-state index in [0.717, 1.165) is 0 Å². The summed E-state index contributed by atoms with van der Waals surface area (Å²) < 4.78 is 0. The lowest BCUT2D eigenvalue weighted by molar-refractivity contribution is -0.389. The van der Waals surface area contributed by atoms with Crippen LogP contribution in [-0.2, 0) is 0 Å². The highest BCUT2D eigenvalue weighted by molar-refractivity contribution is 5.47. The molecule has 5 nitrogen and oxygen atoms in total. The van der Waals surface area contributed by atoms with Crippen molar-refractivity contribution in [2.45, 2.75) is 0 Å². The number of hydrogen-bond acceptors (Lipinski definition) is 4. The Kier molecular flexibility index (Phi) is 2.57. The van der Waals surface area contributed by atoms with Crippen molar-refractivity contribution in [1.29, 1.82) is 5.26 Å². The van der Waals surface area contributed by atoms with E-state index in [1.165, 1.54) is 18.3 Å². The molecule has 0 saturated heterocycles. The van der Waals surface area contributed by atoms with Crippen molar-refractivity contribution >= 4 is 5.82 Å². The maximum absolute atomic E-state index is 10.4. The lowest BCUT2D eigenvalue weighted by Crippen LogP contribution is -1.94. The third-order valence-electron chi connectivity index (χ3n) is 1.21. The second kappa shape index (κ2) is 3.84. The number of aromatic nitrogens is 1. The summed E-state index contributed by atoms with van der Waals surface area (Å²) in [6, 6.07) is 4.53. The van der Waals surface area contributed by atoms with Gasteiger partial charge in [0.1, 0.15) is 11.8 Å². The van der Waals surface area contributed by atoms with E-state index in [9.17, 15) is 10.1 Å². The Morgan fingerprint density at radius 2 is 2.38 bits per heavy atom. The smallest absolute Gasteiger partial charge is 0.358 e. The fourth-order valence-corrected chi connectivity index (χ4v) is 0.735. The molecule has 1 aromatic rings. The molecule has 0 radical (unpaired) electrons. The van der Waals surface area contributed by atoms with Crippen LogP contribution >= 0.6 is 0 Å². The van der Waals surface area contributed by atoms with Crippen molar-refractivity contribution in [3.8, 4) is 17.9 Å². The van der Waals surface area contributed by atoms with Crippen LogP contribution in [0.25, 0.3) is 0 Å². The number of nitriles is 1. The summed E-state index contributed by atoms with van der Waals surface area (Å²) in [6.07, 6.45) is 1.30. The molecular formula is C8H3N3O2. The molecule has 0 bridgehead atoms. The Balaban J connectivity index is 3.22. The Labute approximate surface area is 73.8 Å². The van der Waals surface area contributed by atoms with Crippen LogP contribution in [0.1, 0.15) is 5.56 Å². The average Bonchev–Trinajstić information content (AvgIpc) is 2.15. The zero-order valence-electron chi connectivity index (χ0n) is 6.39. The fourth-order valence-electron chi connectivity index (χ4n) is 0.735. The zero-order valence-corrected chi connectivity index (χ0v) is 6.39. The Hall–Kier alpha value is -2.40. The van der Waals surface area contributed by atoms with Gasteiger partial charge in [-0.3, -0.25) is 0 Å². The quantitative estimate of drug-likeness (QED) is 0.358. The predicted octanol–water partition coefficient (Wildman–Crippen LogP) is 0.865. The fraction of sp³-hybridized carbons (Fsp3) is 0. The molecule has 0 aliphatic rings. The van der Waals surface area contributed by atoms with E-state index in [0.29, 0.717) is 0 Å². The van der Waals surface area contributed by atoms with Gasteiger partial charge in [0.2, 0.25) is 0 Å². The first-order valence-corrected chi connectivity index (χ1v) is 3.25. The van der Waals surface area contributed by atoms with Crippen LogP contribution in [-0.4, -0.2) is 9.91 Å². The molecule has 1 heterocycles. The van der Waals surface area contributed by atoms with Crippen molar-refractivity contribution in [2.24, 2.45) is 0 Å². The molecule has 5 heteroatoms. The van der Waals surface area contributed by atoms with Crippen LogP contribution < -0.4 is 0 Å². The van der Waals surface area contributed by atoms with E-state index >= 15 is 0 Å². The molecule has 0 N–H and O–H groups in total. The summed E-state index contributed by atoms with van der Waals surface area (Å²) in [5.74, 6) is 4.07. The van der Waals surface area contributed by atoms with Crippen molar-refractivity contribution in [3.63, 3.8) is 0 Å². The van der Waals surface area contributed by atoms with E-state index < -0.39 is 4.92 Å². The standard InChI is InChI=1S/C8H3N3O2/c9-5-1-3-7-4-2-6-10-8(7)11(12)13/h2,4,6H. The highest BCUT2D eigenvalue weighted by atomic mass is 16.6. The summed E-state index contributed by atoms with van der Waals surface area (Å²) >= 11 is 0. The van der Waals surface area contributed by atoms with Crippen LogP contribution in [0, 0.1) is 33.3 Å². The van der Waals surface area contributed by atoms with Crippen molar-refractivity contribution < 1.29 is 4.92 Å². The van der Waals surface area contributed by atoms with Gasteiger partial charge in [-0.25, -0.2) is 0 Å². The molecular weight excluding hydrogens is 170 g/mol. The maximum Gasteiger partial charge on any atom is 0.379 e. The molecule has 13 heavy (non-hydrogen) atoms. The number of pyridine rings is 1. The third-order valence-corrected chi connectivity index (χ3v) is 1.21. The maximum atomic E-state index is 10.4. The van der Waals surface area contributed by atoms with Gasteiger partial charge < -0.3 is 10.1 Å². The van der Waals surface area contributed by atoms with Crippen LogP contribution in [0.5, 0.6) is 0 Å². The summed E-state index contributed by atoms with van der Waals surface area (Å²) in [7, 11) is 0. The first-order chi connectivity index (χ1) is 6.25. The van der Waals surface area contributed by atoms with Gasteiger partial charge in [0.05, 0.1) is 0 Å². The Morgan fingerprint density at radius 3 is 3.00 bits per heavy atom. The highest BCUT2D eigenvalue weighted by Crippen LogP contribution is 2.11. The topological polar surface area (TPSA) is 79.8 Å². The van der Waals surface area contributed by atoms with Crippen LogP contribution in [0.3, 0.4) is 0 Å². The van der Waals surface area contributed by atoms with E-state index in [1.54, 1.807) is 6.07 Å². The van der Waals surface area contributed by atoms with Gasteiger partial charge in [-0.15, -0.1) is 0 Å². The Bertz CT molecular complexity index is 437. The number of rotatable bonds is 1. The van der Waals surface area contributed by atoms with Crippen LogP contribution in [0.2, 0.25) is 0 Å². The van der Waals surface area contributed by atoms with E-state index in [-0.39, 0.29) is 11.4 Å². The van der Waals surface area contributed by atoms with Crippen molar-refractivity contribution in [1.82, 2.24) is 4.98 Å². The molecule has 0 fully saturated rings. The molecule has 0 unspecified atom stereocenters. The SMILES string of the molecule is N#CC#Cc1cccnc1[N+](=O)[O-]. The first-order valence-electron chi connectivity index (χ1n) is 3.25. The van der Waals surface area contributed by atoms with Crippen molar-refractivity contribution in [3.05, 3.63) is 34.0 Å². The van der Waals surface area contributed by atoms with Crippen molar-refractivity contribution in [2.75, 3.05) is 0 Å². The summed E-state index contributed by atoms with van der Waals surface area (Å²) in [5.41, 5.74) is 0.147. The summed E-state index contributed by atoms with van der Waals surface area (Å²) in [6.45, 7) is 0. The van der Waals surface area contributed by atoms with Crippen LogP contribution in [0.4, 0.5) is 5.82 Å². The zero-order chi connectivity index (χ0) is 9.68. The minimum atomic E-state index is -0.638. The molecule has 1 rings (SSSR count). The number of nitrogens with zero attached hydrogens (tertiary/aromatic N) is 3. The highest BCUT2D eigenvalue weighted by Gasteiger charge is 2.11. The number of hydrogen-bond donors (Lipinski definition) is 0. The molecule has 62 valence electrons. The second-order valence-corrected chi connectivity index (χ2v) is 1.99.